The lowest BCUT2D eigenvalue weighted by molar-refractivity contribution is -0.139. The Hall–Kier alpha value is -3.18. The van der Waals surface area contributed by atoms with Crippen molar-refractivity contribution >= 4 is 29.3 Å². The summed E-state index contributed by atoms with van der Waals surface area (Å²) in [5.74, 6) is -0.978. The van der Waals surface area contributed by atoms with Gasteiger partial charge in [-0.25, -0.2) is 9.78 Å². The zero-order valence-corrected chi connectivity index (χ0v) is 16.5. The van der Waals surface area contributed by atoms with Crippen LogP contribution in [0, 0.1) is 11.3 Å². The molecule has 146 valence electrons. The van der Waals surface area contributed by atoms with Crippen LogP contribution in [0.25, 0.3) is 6.08 Å². The molecule has 1 unspecified atom stereocenters. The minimum Gasteiger partial charge on any atom is -0.482 e. The number of hydrogen-bond donors (Lipinski definition) is 1. The number of likely N-dealkylation sites (N-methyl/N-ethyl adjacent to an activating group) is 1. The average molecular weight is 399 g/mol. The van der Waals surface area contributed by atoms with E-state index in [2.05, 4.69) is 4.98 Å². The highest BCUT2D eigenvalue weighted by atomic mass is 32.1. The zero-order chi connectivity index (χ0) is 20.5. The highest BCUT2D eigenvalue weighted by Gasteiger charge is 2.24. The molecule has 1 heterocycles. The molecule has 0 saturated heterocycles. The zero-order valence-electron chi connectivity index (χ0n) is 15.7. The molecule has 0 radical (unpaired) electrons. The van der Waals surface area contributed by atoms with Gasteiger partial charge in [0.15, 0.2) is 6.61 Å². The lowest BCUT2D eigenvalue weighted by atomic mass is 10.00. The summed E-state index contributed by atoms with van der Waals surface area (Å²) in [6.45, 7) is 1.61. The second-order valence-corrected chi connectivity index (χ2v) is 6.94. The highest BCUT2D eigenvalue weighted by molar-refractivity contribution is 7.10. The summed E-state index contributed by atoms with van der Waals surface area (Å²) in [6, 6.07) is 8.70. The normalized spacial score (nSPS) is 12.1. The lowest BCUT2D eigenvalue weighted by Crippen LogP contribution is -2.32. The van der Waals surface area contributed by atoms with Crippen LogP contribution in [0.15, 0.2) is 41.4 Å². The van der Waals surface area contributed by atoms with Gasteiger partial charge >= 0.3 is 5.97 Å². The smallest absolute Gasteiger partial charge is 0.341 e. The third-order valence-electron chi connectivity index (χ3n) is 4.05. The van der Waals surface area contributed by atoms with Crippen LogP contribution in [0.2, 0.25) is 0 Å². The Balaban J connectivity index is 2.20. The molecular weight excluding hydrogens is 378 g/mol. The van der Waals surface area contributed by atoms with Crippen molar-refractivity contribution in [1.29, 1.82) is 5.26 Å². The van der Waals surface area contributed by atoms with E-state index in [4.69, 9.17) is 9.84 Å². The van der Waals surface area contributed by atoms with Crippen molar-refractivity contribution in [1.82, 2.24) is 9.88 Å². The van der Waals surface area contributed by atoms with Gasteiger partial charge in [-0.05, 0) is 30.2 Å². The molecule has 1 aromatic heterocycles. The summed E-state index contributed by atoms with van der Waals surface area (Å²) in [4.78, 5) is 29.1. The summed E-state index contributed by atoms with van der Waals surface area (Å²) >= 11 is 1.35. The van der Waals surface area contributed by atoms with Gasteiger partial charge in [0.2, 0.25) is 0 Å². The molecule has 2 aromatic rings. The molecule has 7 nitrogen and oxygen atoms in total. The number of benzene rings is 1. The molecule has 0 bridgehead atoms. The maximum absolute atomic E-state index is 12.9. The predicted molar refractivity (Wildman–Crippen MR) is 106 cm³/mol. The molecule has 0 aliphatic carbocycles. The molecule has 1 aromatic carbocycles. The van der Waals surface area contributed by atoms with Crippen LogP contribution in [0.3, 0.4) is 0 Å². The summed E-state index contributed by atoms with van der Waals surface area (Å²) in [6.07, 6.45) is 4.67. The first kappa shape index (κ1) is 21.1. The fraction of sp³-hybridized carbons (Fsp3) is 0.300. The van der Waals surface area contributed by atoms with Crippen LogP contribution >= 0.6 is 11.3 Å². The second-order valence-electron chi connectivity index (χ2n) is 6.01. The Bertz CT molecular complexity index is 870. The number of carbonyl (C=O) groups excluding carboxylic acids is 1. The summed E-state index contributed by atoms with van der Waals surface area (Å²) < 4.78 is 5.15. The largest absolute Gasteiger partial charge is 0.482 e. The molecule has 1 amide bonds. The maximum Gasteiger partial charge on any atom is 0.341 e. The number of thiazole rings is 1. The van der Waals surface area contributed by atoms with Crippen molar-refractivity contribution in [3.63, 3.8) is 0 Å². The maximum atomic E-state index is 12.9. The quantitative estimate of drug-likeness (QED) is 0.511. The van der Waals surface area contributed by atoms with Gasteiger partial charge in [-0.1, -0.05) is 25.5 Å². The second kappa shape index (κ2) is 10.2. The van der Waals surface area contributed by atoms with Crippen LogP contribution in [0.4, 0.5) is 0 Å². The number of nitriles is 1. The molecule has 2 rings (SSSR count). The molecule has 0 aliphatic heterocycles. The van der Waals surface area contributed by atoms with Crippen molar-refractivity contribution in [3.05, 3.63) is 52.0 Å². The average Bonchev–Trinajstić information content (AvgIpc) is 3.21. The Labute approximate surface area is 167 Å². The van der Waals surface area contributed by atoms with E-state index < -0.39 is 12.6 Å². The molecule has 1 N–H and O–H groups in total. The Kier molecular flexibility index (Phi) is 7.72. The van der Waals surface area contributed by atoms with Crippen molar-refractivity contribution < 1.29 is 19.4 Å². The van der Waals surface area contributed by atoms with E-state index in [-0.39, 0.29) is 17.5 Å². The van der Waals surface area contributed by atoms with Crippen LogP contribution in [0.1, 0.15) is 36.4 Å². The third-order valence-corrected chi connectivity index (χ3v) is 4.77. The summed E-state index contributed by atoms with van der Waals surface area (Å²) in [7, 11) is 1.67. The summed E-state index contributed by atoms with van der Waals surface area (Å²) in [5.41, 5.74) is 0.909. The number of carboxylic acid groups (broad SMARTS) is 1. The van der Waals surface area contributed by atoms with E-state index in [1.165, 1.54) is 17.4 Å². The SMILES string of the molecule is CCCC(c1ccc(OCC(=O)O)cc1)N(C)C(=O)/C(C#N)=C/c1nccs1. The lowest BCUT2D eigenvalue weighted by Gasteiger charge is -2.28. The van der Waals surface area contributed by atoms with Gasteiger partial charge in [0.05, 0.1) is 6.04 Å². The minimum atomic E-state index is -1.05. The Morgan fingerprint density at radius 1 is 1.39 bits per heavy atom. The number of amides is 1. The number of aromatic nitrogens is 1. The highest BCUT2D eigenvalue weighted by Crippen LogP contribution is 2.28. The van der Waals surface area contributed by atoms with Crippen molar-refractivity contribution in [2.75, 3.05) is 13.7 Å². The minimum absolute atomic E-state index is 0.0277. The number of ether oxygens (including phenoxy) is 1. The van der Waals surface area contributed by atoms with Crippen LogP contribution in [0.5, 0.6) is 5.75 Å². The van der Waals surface area contributed by atoms with Crippen LogP contribution in [-0.4, -0.2) is 40.5 Å². The number of rotatable bonds is 9. The first-order valence-electron chi connectivity index (χ1n) is 8.69. The van der Waals surface area contributed by atoms with Gasteiger partial charge in [0, 0.05) is 18.6 Å². The standard InChI is InChI=1S/C20H21N3O4S/c1-3-4-17(14-5-7-16(8-6-14)27-13-19(24)25)23(2)20(26)15(12-21)11-18-22-9-10-28-18/h5-11,17H,3-4,13H2,1-2H3,(H,24,25)/b15-11+. The molecule has 8 heteroatoms. The Morgan fingerprint density at radius 3 is 2.64 bits per heavy atom. The van der Waals surface area contributed by atoms with E-state index in [9.17, 15) is 14.9 Å². The van der Waals surface area contributed by atoms with E-state index >= 15 is 0 Å². The van der Waals surface area contributed by atoms with E-state index in [0.29, 0.717) is 17.2 Å². The van der Waals surface area contributed by atoms with Gasteiger partial charge < -0.3 is 14.7 Å². The molecule has 0 saturated carbocycles. The van der Waals surface area contributed by atoms with Crippen molar-refractivity contribution in [3.8, 4) is 11.8 Å². The van der Waals surface area contributed by atoms with E-state index in [1.807, 2.05) is 13.0 Å². The van der Waals surface area contributed by atoms with E-state index in [0.717, 1.165) is 12.0 Å². The predicted octanol–water partition coefficient (Wildman–Crippen LogP) is 3.51. The fourth-order valence-electron chi connectivity index (χ4n) is 2.69. The third kappa shape index (κ3) is 5.66. The molecule has 0 aliphatic rings. The molecule has 1 atom stereocenters. The molecule has 0 spiro atoms. The monoisotopic (exact) mass is 399 g/mol. The first-order valence-corrected chi connectivity index (χ1v) is 9.57. The van der Waals surface area contributed by atoms with E-state index in [1.54, 1.807) is 47.8 Å². The molecular formula is C20H21N3O4S. The Morgan fingerprint density at radius 2 is 2.11 bits per heavy atom. The van der Waals surface area contributed by atoms with Gasteiger partial charge in [-0.3, -0.25) is 4.79 Å². The fourth-order valence-corrected chi connectivity index (χ4v) is 3.26. The number of carbonyl (C=O) groups is 2. The van der Waals surface area contributed by atoms with Gasteiger partial charge in [0.1, 0.15) is 22.4 Å². The van der Waals surface area contributed by atoms with Crippen LogP contribution < -0.4 is 4.74 Å². The van der Waals surface area contributed by atoms with Gasteiger partial charge in [0.25, 0.3) is 5.91 Å². The summed E-state index contributed by atoms with van der Waals surface area (Å²) in [5, 5.41) is 20.5. The number of carboxylic acids is 1. The van der Waals surface area contributed by atoms with Crippen molar-refractivity contribution in [2.45, 2.75) is 25.8 Å². The number of aliphatic carboxylic acids is 1. The molecule has 0 fully saturated rings. The number of nitrogens with zero attached hydrogens (tertiary/aromatic N) is 3. The number of hydrogen-bond acceptors (Lipinski definition) is 6. The van der Waals surface area contributed by atoms with Gasteiger partial charge in [-0.2, -0.15) is 5.26 Å². The van der Waals surface area contributed by atoms with Gasteiger partial charge in [-0.15, -0.1) is 11.3 Å². The first-order chi connectivity index (χ1) is 13.5. The van der Waals surface area contributed by atoms with Crippen molar-refractivity contribution in [2.24, 2.45) is 0 Å². The van der Waals surface area contributed by atoms with Crippen LogP contribution in [-0.2, 0) is 9.59 Å². The molecule has 28 heavy (non-hydrogen) atoms. The topological polar surface area (TPSA) is 104 Å².